The first-order valence-corrected chi connectivity index (χ1v) is 8.33. The summed E-state index contributed by atoms with van der Waals surface area (Å²) in [6.45, 7) is 2.98. The molecule has 0 aliphatic carbocycles. The van der Waals surface area contributed by atoms with Gasteiger partial charge in [-0.25, -0.2) is 9.59 Å². The first-order valence-electron chi connectivity index (χ1n) is 7.57. The first-order chi connectivity index (χ1) is 12.2. The second-order valence-corrected chi connectivity index (χ2v) is 6.23. The summed E-state index contributed by atoms with van der Waals surface area (Å²) >= 11 is 11.3. The van der Waals surface area contributed by atoms with Gasteiger partial charge in [-0.05, 0) is 24.3 Å². The predicted octanol–water partition coefficient (Wildman–Crippen LogP) is 4.00. The molecule has 0 unspecified atom stereocenters. The van der Waals surface area contributed by atoms with Crippen LogP contribution in [-0.2, 0) is 21.1 Å². The van der Waals surface area contributed by atoms with Crippen LogP contribution in [0.5, 0.6) is 0 Å². The molecule has 0 saturated carbocycles. The largest absolute Gasteiger partial charge is 0.512 e. The maximum absolute atomic E-state index is 9.42. The Morgan fingerprint density at radius 2 is 0.889 bits per heavy atom. The minimum Gasteiger partial charge on any atom is -0.259 e. The summed E-state index contributed by atoms with van der Waals surface area (Å²) in [4.78, 5) is 36.6. The van der Waals surface area contributed by atoms with Crippen LogP contribution in [0.3, 0.4) is 0 Å². The van der Waals surface area contributed by atoms with Gasteiger partial charge in [0.15, 0.2) is 0 Å². The summed E-state index contributed by atoms with van der Waals surface area (Å²) in [5, 5.41) is 1.22. The Kier molecular flexibility index (Phi) is 11.6. The fourth-order valence-electron chi connectivity index (χ4n) is 1.80. The molecule has 0 aliphatic rings. The Morgan fingerprint density at radius 1 is 0.630 bits per heavy atom. The van der Waals surface area contributed by atoms with Crippen molar-refractivity contribution in [2.24, 2.45) is 0 Å². The van der Waals surface area contributed by atoms with Crippen LogP contribution < -0.4 is 0 Å². The molecule has 0 aliphatic heterocycles. The Morgan fingerprint density at radius 3 is 1.11 bits per heavy atom. The first kappa shape index (κ1) is 25.1. The molecule has 2 aromatic carbocycles. The number of halogens is 2. The molecule has 0 saturated heterocycles. The van der Waals surface area contributed by atoms with Crippen molar-refractivity contribution in [2.75, 3.05) is 0 Å². The smallest absolute Gasteiger partial charge is 0.259 e. The fourth-order valence-corrected chi connectivity index (χ4v) is 2.06. The summed E-state index contributed by atoms with van der Waals surface area (Å²) in [7, 11) is 0. The van der Waals surface area contributed by atoms with Crippen molar-refractivity contribution in [3.8, 4) is 0 Å². The summed E-state index contributed by atoms with van der Waals surface area (Å²) in [6.07, 6.45) is 2.56. The van der Waals surface area contributed by atoms with Crippen LogP contribution in [0.15, 0.2) is 48.5 Å². The quantitative estimate of drug-likeness (QED) is 0.193. The Balaban J connectivity index is 0.000000483. The number of hydrogen-bond acceptors (Lipinski definition) is 0. The van der Waals surface area contributed by atoms with E-state index in [4.69, 9.17) is 32.8 Å². The van der Waals surface area contributed by atoms with Crippen molar-refractivity contribution >= 4 is 46.3 Å². The molecule has 0 amide bonds. The molecule has 138 valence electrons. The Labute approximate surface area is 182 Å². The summed E-state index contributed by atoms with van der Waals surface area (Å²) in [5.41, 5.74) is 1.25. The second-order valence-electron chi connectivity index (χ2n) is 5.36. The molecule has 0 fully saturated rings. The van der Waals surface area contributed by atoms with Gasteiger partial charge in [0.05, 0.1) is 13.8 Å². The third kappa shape index (κ3) is 10.1. The SMILES string of the molecule is CC(=[OH+])[CH+]C(=[OH+])c1ccc(Cl)cc1.CC(=[OH+])[CH+]C(=[OH+])c1ccc(Cl)cc1.[Mo]. The molecule has 7 heteroatoms. The molecule has 27 heavy (non-hydrogen) atoms. The maximum Gasteiger partial charge on any atom is 0.512 e. The zero-order valence-electron chi connectivity index (χ0n) is 14.7. The summed E-state index contributed by atoms with van der Waals surface area (Å²) in [6, 6.07) is 13.4. The van der Waals surface area contributed by atoms with Gasteiger partial charge in [0.2, 0.25) is 11.1 Å². The third-order valence-electron chi connectivity index (χ3n) is 2.97. The van der Waals surface area contributed by atoms with E-state index in [9.17, 15) is 9.59 Å². The van der Waals surface area contributed by atoms with Gasteiger partial charge in [0.1, 0.15) is 0 Å². The van der Waals surface area contributed by atoms with E-state index < -0.39 is 0 Å². The van der Waals surface area contributed by atoms with Crippen molar-refractivity contribution in [3.05, 3.63) is 82.5 Å². The van der Waals surface area contributed by atoms with E-state index in [2.05, 4.69) is 0 Å². The zero-order chi connectivity index (χ0) is 19.7. The molecule has 4 N–H and O–H groups in total. The van der Waals surface area contributed by atoms with Crippen LogP contribution >= 0.6 is 23.2 Å². The van der Waals surface area contributed by atoms with Gasteiger partial charge in [-0.2, -0.15) is 0 Å². The van der Waals surface area contributed by atoms with Gasteiger partial charge in [-0.15, -0.1) is 0 Å². The minimum absolute atomic E-state index is 0. The van der Waals surface area contributed by atoms with Crippen molar-refractivity contribution in [1.82, 2.24) is 0 Å². The van der Waals surface area contributed by atoms with Crippen LogP contribution in [-0.4, -0.2) is 42.3 Å². The van der Waals surface area contributed by atoms with Crippen LogP contribution in [0.1, 0.15) is 25.0 Å². The molecular weight excluding hydrogens is 471 g/mol. The molecule has 0 radical (unpaired) electrons. The van der Waals surface area contributed by atoms with Crippen LogP contribution in [0.25, 0.3) is 0 Å². The van der Waals surface area contributed by atoms with Gasteiger partial charge in [0.25, 0.3) is 12.8 Å². The third-order valence-corrected chi connectivity index (χ3v) is 3.48. The fraction of sp³-hybridized carbons (Fsp3) is 0.100. The molecule has 2 aromatic rings. The van der Waals surface area contributed by atoms with E-state index in [1.165, 1.54) is 26.7 Å². The summed E-state index contributed by atoms with van der Waals surface area (Å²) in [5.74, 6) is 0.174. The van der Waals surface area contributed by atoms with E-state index >= 15 is 0 Å². The van der Waals surface area contributed by atoms with E-state index in [0.29, 0.717) is 21.2 Å². The second kappa shape index (κ2) is 12.5. The van der Waals surface area contributed by atoms with Crippen LogP contribution in [0.2, 0.25) is 10.0 Å². The number of carbonyl (C=O) groups excluding carboxylic acids is 4. The van der Waals surface area contributed by atoms with Gasteiger partial charge in [-0.1, -0.05) is 23.2 Å². The van der Waals surface area contributed by atoms with Crippen LogP contribution in [0.4, 0.5) is 0 Å². The predicted molar refractivity (Wildman–Crippen MR) is 109 cm³/mol. The normalized spacial score (nSPS) is 9.04. The monoisotopic (exact) mass is 492 g/mol. The van der Waals surface area contributed by atoms with Crippen molar-refractivity contribution in [2.45, 2.75) is 13.8 Å². The average Bonchev–Trinajstić information content (AvgIpc) is 2.55. The molecule has 0 atom stereocenters. The number of hydrogen-bond donors (Lipinski definition) is 0. The molecular formula is C20H20Cl2MoO4+6. The molecule has 2 rings (SSSR count). The van der Waals surface area contributed by atoms with Gasteiger partial charge in [-0.3, -0.25) is 9.59 Å². The van der Waals surface area contributed by atoms with E-state index in [-0.39, 0.29) is 44.2 Å². The van der Waals surface area contributed by atoms with Crippen molar-refractivity contribution in [3.63, 3.8) is 0 Å². The number of ketones is 4. The van der Waals surface area contributed by atoms with Gasteiger partial charge < -0.3 is 0 Å². The molecule has 0 aromatic heterocycles. The average molecular weight is 491 g/mol. The Bertz CT molecular complexity index is 730. The van der Waals surface area contributed by atoms with Crippen LogP contribution in [0, 0.1) is 12.8 Å². The zero-order valence-corrected chi connectivity index (χ0v) is 18.2. The summed E-state index contributed by atoms with van der Waals surface area (Å²) < 4.78 is 0. The maximum atomic E-state index is 9.42. The number of rotatable bonds is 6. The molecule has 4 nitrogen and oxygen atoms in total. The standard InChI is InChI=1S/2C10H8ClO2.Mo/c2*1-7(12)6-10(13)8-2-4-9(11)5-3-8;/h2*2-6H,1H3;/q2*+1;/p+4. The minimum atomic E-state index is 0. The molecule has 0 spiro atoms. The van der Waals surface area contributed by atoms with Gasteiger partial charge in [0, 0.05) is 55.4 Å². The van der Waals surface area contributed by atoms with E-state index in [1.807, 2.05) is 0 Å². The number of benzene rings is 2. The Hall–Kier alpha value is -1.87. The topological polar surface area (TPSA) is 85.6 Å². The van der Waals surface area contributed by atoms with E-state index in [0.717, 1.165) is 0 Å². The van der Waals surface area contributed by atoms with Gasteiger partial charge >= 0.3 is 23.1 Å². The van der Waals surface area contributed by atoms with Crippen molar-refractivity contribution < 1.29 is 40.2 Å². The molecule has 0 heterocycles. The van der Waals surface area contributed by atoms with Crippen molar-refractivity contribution in [1.29, 1.82) is 0 Å². The van der Waals surface area contributed by atoms with E-state index in [1.54, 1.807) is 48.5 Å². The molecule has 0 bridgehead atoms.